The Balaban J connectivity index is 1.69. The minimum absolute atomic E-state index is 0.0928. The molecule has 0 radical (unpaired) electrons. The maximum Gasteiger partial charge on any atom is 0.241 e. The van der Waals surface area contributed by atoms with Crippen LogP contribution in [0.1, 0.15) is 24.0 Å². The number of ether oxygens (including phenoxy) is 2. The fourth-order valence-electron chi connectivity index (χ4n) is 3.66. The van der Waals surface area contributed by atoms with Gasteiger partial charge in [-0.3, -0.25) is 4.31 Å². The molecule has 0 bridgehead atoms. The van der Waals surface area contributed by atoms with E-state index in [9.17, 15) is 16.8 Å². The van der Waals surface area contributed by atoms with Gasteiger partial charge in [-0.1, -0.05) is 0 Å². The van der Waals surface area contributed by atoms with Crippen molar-refractivity contribution in [3.8, 4) is 11.5 Å². The van der Waals surface area contributed by atoms with Crippen LogP contribution in [0, 0.1) is 13.8 Å². The molecule has 0 amide bonds. The fraction of sp³-hybridized carbons (Fsp3) is 0.429. The highest BCUT2D eigenvalue weighted by Gasteiger charge is 2.28. The number of nitrogens with zero attached hydrogens (tertiary/aromatic N) is 1. The van der Waals surface area contributed by atoms with Crippen LogP contribution in [0.25, 0.3) is 0 Å². The smallest absolute Gasteiger partial charge is 0.241 e. The zero-order valence-corrected chi connectivity index (χ0v) is 19.6. The monoisotopic (exact) mass is 468 g/mol. The van der Waals surface area contributed by atoms with Gasteiger partial charge in [0, 0.05) is 13.1 Å². The van der Waals surface area contributed by atoms with E-state index < -0.39 is 20.0 Å². The SMILES string of the molecule is COc1ccc(OCCNS(=O)(=O)c2c(C)cc(N3CCCCS3(=O)=O)cc2C)cc1. The van der Waals surface area contributed by atoms with E-state index in [4.69, 9.17) is 9.47 Å². The molecule has 31 heavy (non-hydrogen) atoms. The third kappa shape index (κ3) is 5.50. The molecule has 0 spiro atoms. The van der Waals surface area contributed by atoms with E-state index >= 15 is 0 Å². The quantitative estimate of drug-likeness (QED) is 0.598. The third-order valence-corrected chi connectivity index (χ3v) is 8.71. The number of sulfonamides is 2. The van der Waals surface area contributed by atoms with Gasteiger partial charge in [-0.15, -0.1) is 0 Å². The first-order valence-corrected chi connectivity index (χ1v) is 13.1. The van der Waals surface area contributed by atoms with Crippen molar-refractivity contribution in [2.45, 2.75) is 31.6 Å². The molecule has 8 nitrogen and oxygen atoms in total. The minimum atomic E-state index is -3.78. The van der Waals surface area contributed by atoms with Gasteiger partial charge >= 0.3 is 0 Å². The molecule has 1 aliphatic rings. The van der Waals surface area contributed by atoms with Gasteiger partial charge < -0.3 is 9.47 Å². The summed E-state index contributed by atoms with van der Waals surface area (Å²) >= 11 is 0. The number of hydrogen-bond donors (Lipinski definition) is 1. The number of rotatable bonds is 8. The Kier molecular flexibility index (Phi) is 7.13. The zero-order chi connectivity index (χ0) is 22.6. The van der Waals surface area contributed by atoms with Gasteiger partial charge in [0.25, 0.3) is 0 Å². The molecule has 1 N–H and O–H groups in total. The summed E-state index contributed by atoms with van der Waals surface area (Å²) in [4.78, 5) is 0.162. The van der Waals surface area contributed by atoms with Crippen molar-refractivity contribution in [1.82, 2.24) is 4.72 Å². The van der Waals surface area contributed by atoms with Gasteiger partial charge in [-0.05, 0) is 74.2 Å². The van der Waals surface area contributed by atoms with Crippen molar-refractivity contribution in [2.24, 2.45) is 0 Å². The van der Waals surface area contributed by atoms with Gasteiger partial charge in [-0.2, -0.15) is 0 Å². The van der Waals surface area contributed by atoms with Crippen molar-refractivity contribution >= 4 is 25.7 Å². The Morgan fingerprint density at radius 1 is 1.03 bits per heavy atom. The first-order valence-electron chi connectivity index (χ1n) is 10.0. The van der Waals surface area contributed by atoms with E-state index in [1.807, 2.05) is 0 Å². The summed E-state index contributed by atoms with van der Waals surface area (Å²) in [6.45, 7) is 4.02. The maximum absolute atomic E-state index is 12.9. The van der Waals surface area contributed by atoms with Crippen LogP contribution < -0.4 is 18.5 Å². The standard InChI is InChI=1S/C21H28N2O6S2/c1-16-14-18(23-11-4-5-13-30(23,24)25)15-17(2)21(16)31(26,27)22-10-12-29-20-8-6-19(28-3)7-9-20/h6-9,14-15,22H,4-5,10-13H2,1-3H3. The topological polar surface area (TPSA) is 102 Å². The van der Waals surface area contributed by atoms with Crippen molar-refractivity contribution < 1.29 is 26.3 Å². The molecule has 0 saturated carbocycles. The summed E-state index contributed by atoms with van der Waals surface area (Å²) in [5.74, 6) is 1.43. The van der Waals surface area contributed by atoms with Crippen LogP contribution in [0.5, 0.6) is 11.5 Å². The third-order valence-electron chi connectivity index (χ3n) is 5.07. The highest BCUT2D eigenvalue weighted by Crippen LogP contribution is 2.30. The molecule has 0 unspecified atom stereocenters. The number of anilines is 1. The van der Waals surface area contributed by atoms with Crippen LogP contribution in [-0.2, 0) is 20.0 Å². The first-order chi connectivity index (χ1) is 14.6. The van der Waals surface area contributed by atoms with Crippen LogP contribution in [-0.4, -0.2) is 49.4 Å². The van der Waals surface area contributed by atoms with Crippen LogP contribution in [0.15, 0.2) is 41.3 Å². The lowest BCUT2D eigenvalue weighted by atomic mass is 10.1. The number of methoxy groups -OCH3 is 1. The summed E-state index contributed by atoms with van der Waals surface area (Å²) in [7, 11) is -5.57. The summed E-state index contributed by atoms with van der Waals surface area (Å²) in [5, 5.41) is 0. The fourth-order valence-corrected chi connectivity index (χ4v) is 6.75. The van der Waals surface area contributed by atoms with Crippen molar-refractivity contribution in [2.75, 3.05) is 36.9 Å². The average molecular weight is 469 g/mol. The van der Waals surface area contributed by atoms with E-state index in [0.717, 1.165) is 6.42 Å². The van der Waals surface area contributed by atoms with Gasteiger partial charge in [0.2, 0.25) is 20.0 Å². The van der Waals surface area contributed by atoms with Crippen LogP contribution in [0.3, 0.4) is 0 Å². The molecule has 0 atom stereocenters. The lowest BCUT2D eigenvalue weighted by Gasteiger charge is -2.29. The highest BCUT2D eigenvalue weighted by atomic mass is 32.2. The normalized spacial score (nSPS) is 16.2. The van der Waals surface area contributed by atoms with Gasteiger partial charge in [0.15, 0.2) is 0 Å². The lowest BCUT2D eigenvalue weighted by Crippen LogP contribution is -2.38. The first kappa shape index (κ1) is 23.4. The second-order valence-electron chi connectivity index (χ2n) is 7.43. The Labute approximate surface area is 184 Å². The van der Waals surface area contributed by atoms with Crippen molar-refractivity contribution in [1.29, 1.82) is 0 Å². The summed E-state index contributed by atoms with van der Waals surface area (Å²) in [5.41, 5.74) is 1.51. The van der Waals surface area contributed by atoms with E-state index in [2.05, 4.69) is 4.72 Å². The number of aryl methyl sites for hydroxylation is 2. The maximum atomic E-state index is 12.9. The molecule has 2 aromatic rings. The Morgan fingerprint density at radius 3 is 2.23 bits per heavy atom. The minimum Gasteiger partial charge on any atom is -0.497 e. The van der Waals surface area contributed by atoms with E-state index in [-0.39, 0.29) is 23.8 Å². The molecule has 2 aromatic carbocycles. The second-order valence-corrected chi connectivity index (χ2v) is 11.1. The Morgan fingerprint density at radius 2 is 1.65 bits per heavy atom. The van der Waals surface area contributed by atoms with E-state index in [1.165, 1.54) is 4.31 Å². The predicted octanol–water partition coefficient (Wildman–Crippen LogP) is 2.60. The molecule has 1 heterocycles. The molecule has 170 valence electrons. The molecule has 1 aliphatic heterocycles. The molecule has 0 aliphatic carbocycles. The van der Waals surface area contributed by atoms with Gasteiger partial charge in [0.1, 0.15) is 18.1 Å². The lowest BCUT2D eigenvalue weighted by molar-refractivity contribution is 0.322. The Hall–Kier alpha value is -2.30. The van der Waals surface area contributed by atoms with Crippen LogP contribution >= 0.6 is 0 Å². The van der Waals surface area contributed by atoms with Gasteiger partial charge in [0.05, 0.1) is 23.4 Å². The molecule has 10 heteroatoms. The molecule has 1 fully saturated rings. The molecule has 0 aromatic heterocycles. The van der Waals surface area contributed by atoms with Crippen LogP contribution in [0.2, 0.25) is 0 Å². The average Bonchev–Trinajstić information content (AvgIpc) is 2.70. The van der Waals surface area contributed by atoms with Crippen LogP contribution in [0.4, 0.5) is 5.69 Å². The largest absolute Gasteiger partial charge is 0.497 e. The summed E-state index contributed by atoms with van der Waals surface area (Å²) in [6, 6.07) is 10.3. The predicted molar refractivity (Wildman–Crippen MR) is 120 cm³/mol. The second kappa shape index (κ2) is 9.46. The van der Waals surface area contributed by atoms with Crippen molar-refractivity contribution in [3.63, 3.8) is 0 Å². The highest BCUT2D eigenvalue weighted by molar-refractivity contribution is 7.92. The molecular formula is C21H28N2O6S2. The molecule has 1 saturated heterocycles. The van der Waals surface area contributed by atoms with E-state index in [0.29, 0.717) is 41.3 Å². The number of nitrogens with one attached hydrogen (secondary N) is 1. The number of benzene rings is 2. The van der Waals surface area contributed by atoms with Crippen molar-refractivity contribution in [3.05, 3.63) is 47.5 Å². The molecule has 3 rings (SSSR count). The Bertz CT molecular complexity index is 1110. The zero-order valence-electron chi connectivity index (χ0n) is 17.9. The summed E-state index contributed by atoms with van der Waals surface area (Å²) < 4.78 is 65.1. The molecular weight excluding hydrogens is 440 g/mol. The van der Waals surface area contributed by atoms with Gasteiger partial charge in [-0.25, -0.2) is 21.6 Å². The van der Waals surface area contributed by atoms with E-state index in [1.54, 1.807) is 57.4 Å². The summed E-state index contributed by atoms with van der Waals surface area (Å²) in [6.07, 6.45) is 1.43. The number of hydrogen-bond acceptors (Lipinski definition) is 6.